The third-order valence-electron chi connectivity index (χ3n) is 12.7. The second kappa shape index (κ2) is 13.2. The van der Waals surface area contributed by atoms with Gasteiger partial charge in [0.2, 0.25) is 0 Å². The smallest absolute Gasteiger partial charge is 0.160 e. The van der Waals surface area contributed by atoms with Gasteiger partial charge < -0.3 is 4.42 Å². The zero-order valence-corrected chi connectivity index (χ0v) is 33.3. The Morgan fingerprint density at radius 1 is 0.400 bits per heavy atom. The fourth-order valence-electron chi connectivity index (χ4n) is 9.73. The number of rotatable bonds is 5. The molecular formula is C57H38N2O. The number of hydrogen-bond acceptors (Lipinski definition) is 3. The van der Waals surface area contributed by atoms with Gasteiger partial charge >= 0.3 is 0 Å². The van der Waals surface area contributed by atoms with Crippen LogP contribution in [0.25, 0.3) is 111 Å². The number of fused-ring (bicyclic) bond motifs is 9. The third-order valence-corrected chi connectivity index (χ3v) is 12.7. The summed E-state index contributed by atoms with van der Waals surface area (Å²) in [5.74, 6) is 0.689. The minimum absolute atomic E-state index is 0.145. The van der Waals surface area contributed by atoms with Crippen LogP contribution < -0.4 is 0 Å². The Morgan fingerprint density at radius 2 is 1.05 bits per heavy atom. The van der Waals surface area contributed by atoms with Crippen molar-refractivity contribution in [3.8, 4) is 67.3 Å². The van der Waals surface area contributed by atoms with Crippen LogP contribution in [0.2, 0.25) is 0 Å². The molecule has 0 saturated heterocycles. The molecular weight excluding hydrogens is 729 g/mol. The monoisotopic (exact) mass is 766 g/mol. The van der Waals surface area contributed by atoms with Crippen LogP contribution in [0.5, 0.6) is 0 Å². The Balaban J connectivity index is 1.04. The van der Waals surface area contributed by atoms with Crippen LogP contribution in [-0.2, 0) is 5.41 Å². The van der Waals surface area contributed by atoms with Crippen LogP contribution in [0.4, 0.5) is 0 Å². The van der Waals surface area contributed by atoms with Gasteiger partial charge in [-0.3, -0.25) is 0 Å². The lowest BCUT2D eigenvalue weighted by atomic mass is 9.81. The number of furan rings is 1. The molecule has 0 bridgehead atoms. The predicted molar refractivity (Wildman–Crippen MR) is 249 cm³/mol. The zero-order chi connectivity index (χ0) is 40.0. The van der Waals surface area contributed by atoms with Crippen LogP contribution in [0.3, 0.4) is 0 Å². The van der Waals surface area contributed by atoms with Crippen LogP contribution in [0.1, 0.15) is 25.0 Å². The summed E-state index contributed by atoms with van der Waals surface area (Å²) in [6.07, 6.45) is 0. The molecule has 0 spiro atoms. The normalized spacial score (nSPS) is 13.0. The molecule has 3 nitrogen and oxygen atoms in total. The third kappa shape index (κ3) is 5.29. The average Bonchev–Trinajstić information content (AvgIpc) is 3.80. The zero-order valence-electron chi connectivity index (χ0n) is 33.3. The standard InChI is InChI=1S/C57H38N2O/c1-57(2)48-27-13-26-45(53(48)47-32-37-18-6-7-19-38(37)33-49(47)57)43-23-10-11-24-44(43)51-34-50(58-56(59-51)36-16-4-3-5-17-36)40-21-12-20-39(31-40)41-25-14-28-52-54(41)46-30-29-35-15-8-9-22-42(35)55(46)60-52/h3-34H,1-2H3. The maximum atomic E-state index is 6.58. The molecule has 0 radical (unpaired) electrons. The highest BCUT2D eigenvalue weighted by molar-refractivity contribution is 6.19. The van der Waals surface area contributed by atoms with Gasteiger partial charge in [-0.25, -0.2) is 9.97 Å². The van der Waals surface area contributed by atoms with Crippen LogP contribution in [-0.4, -0.2) is 9.97 Å². The second-order valence-electron chi connectivity index (χ2n) is 16.5. The molecule has 0 unspecified atom stereocenters. The largest absolute Gasteiger partial charge is 0.455 e. The molecule has 60 heavy (non-hydrogen) atoms. The van der Waals surface area contributed by atoms with Gasteiger partial charge in [0.1, 0.15) is 11.2 Å². The highest BCUT2D eigenvalue weighted by atomic mass is 16.3. The highest BCUT2D eigenvalue weighted by Gasteiger charge is 2.37. The summed E-state index contributed by atoms with van der Waals surface area (Å²) in [5, 5.41) is 7.05. The van der Waals surface area contributed by atoms with Crippen molar-refractivity contribution in [3.05, 3.63) is 205 Å². The van der Waals surface area contributed by atoms with Gasteiger partial charge in [-0.1, -0.05) is 172 Å². The quantitative estimate of drug-likeness (QED) is 0.175. The van der Waals surface area contributed by atoms with E-state index in [4.69, 9.17) is 14.4 Å². The summed E-state index contributed by atoms with van der Waals surface area (Å²) in [6, 6.07) is 69.4. The first kappa shape index (κ1) is 34.4. The number of nitrogens with zero attached hydrogens (tertiary/aromatic N) is 2. The second-order valence-corrected chi connectivity index (χ2v) is 16.5. The molecule has 1 aliphatic rings. The van der Waals surface area contributed by atoms with Crippen molar-refractivity contribution in [1.29, 1.82) is 0 Å². The average molecular weight is 767 g/mol. The summed E-state index contributed by atoms with van der Waals surface area (Å²) in [7, 11) is 0. The van der Waals surface area contributed by atoms with E-state index in [9.17, 15) is 0 Å². The van der Waals surface area contributed by atoms with Crippen LogP contribution in [0.15, 0.2) is 199 Å². The van der Waals surface area contributed by atoms with E-state index in [0.717, 1.165) is 72.1 Å². The first-order valence-corrected chi connectivity index (χ1v) is 20.6. The van der Waals surface area contributed by atoms with Crippen molar-refractivity contribution >= 4 is 43.5 Å². The maximum Gasteiger partial charge on any atom is 0.160 e. The lowest BCUT2D eigenvalue weighted by Crippen LogP contribution is -2.14. The fraction of sp³-hybridized carbons (Fsp3) is 0.0526. The van der Waals surface area contributed by atoms with Crippen molar-refractivity contribution in [2.75, 3.05) is 0 Å². The Kier molecular flexibility index (Phi) is 7.58. The lowest BCUT2D eigenvalue weighted by molar-refractivity contribution is 0.661. The van der Waals surface area contributed by atoms with Crippen molar-refractivity contribution in [2.24, 2.45) is 0 Å². The van der Waals surface area contributed by atoms with E-state index in [-0.39, 0.29) is 5.41 Å². The number of hydrogen-bond donors (Lipinski definition) is 0. The summed E-state index contributed by atoms with van der Waals surface area (Å²) < 4.78 is 6.58. The summed E-state index contributed by atoms with van der Waals surface area (Å²) in [6.45, 7) is 4.72. The minimum atomic E-state index is -0.145. The Morgan fingerprint density at radius 3 is 1.92 bits per heavy atom. The Bertz CT molecular complexity index is 3520. The van der Waals surface area contributed by atoms with Crippen molar-refractivity contribution in [3.63, 3.8) is 0 Å². The molecule has 12 rings (SSSR count). The van der Waals surface area contributed by atoms with Crippen molar-refractivity contribution in [2.45, 2.75) is 19.3 Å². The van der Waals surface area contributed by atoms with Crippen LogP contribution >= 0.6 is 0 Å². The lowest BCUT2D eigenvalue weighted by Gasteiger charge is -2.22. The predicted octanol–water partition coefficient (Wildman–Crippen LogP) is 15.3. The van der Waals surface area contributed by atoms with Crippen LogP contribution in [0, 0.1) is 0 Å². The SMILES string of the molecule is CC1(C)c2cc3ccccc3cc2-c2c(-c3ccccc3-c3cc(-c4cccc(-c5cccc6oc7c8ccccc8ccc7c56)c4)nc(-c4ccccc4)n3)cccc21. The van der Waals surface area contributed by atoms with E-state index in [2.05, 4.69) is 202 Å². The summed E-state index contributed by atoms with van der Waals surface area (Å²) in [5.41, 5.74) is 16.3. The van der Waals surface area contributed by atoms with E-state index in [0.29, 0.717) is 5.82 Å². The molecule has 0 N–H and O–H groups in total. The van der Waals surface area contributed by atoms with Gasteiger partial charge in [0.25, 0.3) is 0 Å². The van der Waals surface area contributed by atoms with E-state index in [1.807, 2.05) is 6.07 Å². The molecule has 9 aromatic carbocycles. The van der Waals surface area contributed by atoms with E-state index >= 15 is 0 Å². The molecule has 3 heteroatoms. The molecule has 282 valence electrons. The molecule has 2 heterocycles. The number of aromatic nitrogens is 2. The topological polar surface area (TPSA) is 38.9 Å². The number of benzene rings is 9. The minimum Gasteiger partial charge on any atom is -0.455 e. The molecule has 0 atom stereocenters. The summed E-state index contributed by atoms with van der Waals surface area (Å²) in [4.78, 5) is 10.6. The van der Waals surface area contributed by atoms with Gasteiger partial charge in [-0.15, -0.1) is 0 Å². The molecule has 0 saturated carbocycles. The highest BCUT2D eigenvalue weighted by Crippen LogP contribution is 2.54. The Hall–Kier alpha value is -7.62. The van der Waals surface area contributed by atoms with Crippen molar-refractivity contribution < 1.29 is 4.42 Å². The van der Waals surface area contributed by atoms with Gasteiger partial charge in [0.15, 0.2) is 5.82 Å². The molecule has 2 aromatic heterocycles. The van der Waals surface area contributed by atoms with Gasteiger partial charge in [0, 0.05) is 38.3 Å². The maximum absolute atomic E-state index is 6.58. The first-order valence-electron chi connectivity index (χ1n) is 20.6. The molecule has 0 aliphatic heterocycles. The molecule has 0 fully saturated rings. The molecule has 1 aliphatic carbocycles. The first-order chi connectivity index (χ1) is 29.5. The fourth-order valence-corrected chi connectivity index (χ4v) is 9.73. The van der Waals surface area contributed by atoms with Gasteiger partial charge in [-0.05, 0) is 97.1 Å². The van der Waals surface area contributed by atoms with E-state index in [1.54, 1.807) is 0 Å². The van der Waals surface area contributed by atoms with E-state index < -0.39 is 0 Å². The van der Waals surface area contributed by atoms with Crippen molar-refractivity contribution in [1.82, 2.24) is 9.97 Å². The molecule has 11 aromatic rings. The Labute approximate surface area is 348 Å². The van der Waals surface area contributed by atoms with E-state index in [1.165, 1.54) is 44.0 Å². The van der Waals surface area contributed by atoms with Gasteiger partial charge in [0.05, 0.1) is 11.4 Å². The summed E-state index contributed by atoms with van der Waals surface area (Å²) >= 11 is 0. The molecule has 0 amide bonds. The van der Waals surface area contributed by atoms with Gasteiger partial charge in [-0.2, -0.15) is 0 Å².